The quantitative estimate of drug-likeness (QED) is 0.0704. The summed E-state index contributed by atoms with van der Waals surface area (Å²) in [7, 11) is 0. The van der Waals surface area contributed by atoms with Gasteiger partial charge >= 0.3 is 11.9 Å². The Morgan fingerprint density at radius 1 is 0.474 bits per heavy atom. The highest BCUT2D eigenvalue weighted by atomic mass is 16.5. The van der Waals surface area contributed by atoms with E-state index in [2.05, 4.69) is 13.8 Å². The Hall–Kier alpha value is -1.06. The average molecular weight is 539 g/mol. The minimum absolute atomic E-state index is 0.0783. The number of rotatable bonds is 31. The zero-order valence-corrected chi connectivity index (χ0v) is 25.8. The molecule has 0 bridgehead atoms. The van der Waals surface area contributed by atoms with E-state index < -0.39 is 5.97 Å². The number of aliphatic carboxylic acids is 1. The molecule has 0 aromatic rings. The smallest absolute Gasteiger partial charge is 0.306 e. The van der Waals surface area contributed by atoms with Crippen LogP contribution in [0.25, 0.3) is 0 Å². The molecule has 0 aliphatic carbocycles. The zero-order valence-electron chi connectivity index (χ0n) is 25.8. The van der Waals surface area contributed by atoms with Gasteiger partial charge in [-0.15, -0.1) is 0 Å². The van der Waals surface area contributed by atoms with E-state index >= 15 is 0 Å². The molecule has 0 heterocycles. The second kappa shape index (κ2) is 30.5. The lowest BCUT2D eigenvalue weighted by Gasteiger charge is -2.17. The summed E-state index contributed by atoms with van der Waals surface area (Å²) in [4.78, 5) is 23.4. The first-order valence-electron chi connectivity index (χ1n) is 17.0. The summed E-state index contributed by atoms with van der Waals surface area (Å²) in [5.41, 5.74) is 0. The maximum absolute atomic E-state index is 12.3. The predicted octanol–water partition coefficient (Wildman–Crippen LogP) is 11.3. The molecule has 0 aliphatic rings. The first-order chi connectivity index (χ1) is 18.6. The lowest BCUT2D eigenvalue weighted by atomic mass is 10.0. The van der Waals surface area contributed by atoms with Gasteiger partial charge in [0.2, 0.25) is 0 Å². The van der Waals surface area contributed by atoms with Crippen molar-refractivity contribution in [2.45, 2.75) is 206 Å². The van der Waals surface area contributed by atoms with E-state index in [1.807, 2.05) is 0 Å². The van der Waals surface area contributed by atoms with E-state index in [0.717, 1.165) is 32.1 Å². The monoisotopic (exact) mass is 538 g/mol. The number of ether oxygens (including phenoxy) is 1. The van der Waals surface area contributed by atoms with Crippen LogP contribution in [0.15, 0.2) is 0 Å². The number of hydrogen-bond acceptors (Lipinski definition) is 3. The average Bonchev–Trinajstić information content (AvgIpc) is 2.90. The van der Waals surface area contributed by atoms with Crippen molar-refractivity contribution in [2.24, 2.45) is 0 Å². The number of unbranched alkanes of at least 4 members (excludes halogenated alkanes) is 23. The summed E-state index contributed by atoms with van der Waals surface area (Å²) >= 11 is 0. The molecule has 0 saturated carbocycles. The van der Waals surface area contributed by atoms with Crippen LogP contribution in [0.1, 0.15) is 200 Å². The van der Waals surface area contributed by atoms with Gasteiger partial charge in [0.05, 0.1) is 0 Å². The standard InChI is InChI=1S/C34H66O4/c1-3-5-7-9-11-13-15-17-19-21-23-25-27-29-34(37)38-32(30-31-33(35)36)28-26-24-22-20-18-16-14-12-10-8-6-4-2/h32H,3-31H2,1-2H3,(H,35,36). The van der Waals surface area contributed by atoms with Crippen molar-refractivity contribution in [1.82, 2.24) is 0 Å². The van der Waals surface area contributed by atoms with E-state index in [-0.39, 0.29) is 18.5 Å². The molecule has 1 N–H and O–H groups in total. The minimum atomic E-state index is -0.808. The van der Waals surface area contributed by atoms with Crippen molar-refractivity contribution in [3.8, 4) is 0 Å². The number of carboxylic acid groups (broad SMARTS) is 1. The molecule has 226 valence electrons. The topological polar surface area (TPSA) is 63.6 Å². The molecule has 4 heteroatoms. The first-order valence-corrected chi connectivity index (χ1v) is 17.0. The predicted molar refractivity (Wildman–Crippen MR) is 163 cm³/mol. The second-order valence-electron chi connectivity index (χ2n) is 11.7. The molecular formula is C34H66O4. The highest BCUT2D eigenvalue weighted by Crippen LogP contribution is 2.18. The fourth-order valence-electron chi connectivity index (χ4n) is 5.29. The van der Waals surface area contributed by atoms with E-state index in [0.29, 0.717) is 12.8 Å². The molecule has 0 fully saturated rings. The van der Waals surface area contributed by atoms with Gasteiger partial charge in [0.1, 0.15) is 6.10 Å². The SMILES string of the molecule is CCCCCCCCCCCCCCCC(=O)OC(CCCCCCCCCCCCCC)CCC(=O)O. The number of carbonyl (C=O) groups excluding carboxylic acids is 1. The lowest BCUT2D eigenvalue weighted by molar-refractivity contribution is -0.151. The Bertz CT molecular complexity index is 505. The van der Waals surface area contributed by atoms with Gasteiger partial charge in [-0.1, -0.05) is 162 Å². The summed E-state index contributed by atoms with van der Waals surface area (Å²) in [5, 5.41) is 9.06. The molecule has 0 aromatic carbocycles. The van der Waals surface area contributed by atoms with E-state index in [9.17, 15) is 9.59 Å². The molecule has 38 heavy (non-hydrogen) atoms. The third-order valence-electron chi connectivity index (χ3n) is 7.84. The Balaban J connectivity index is 3.74. The van der Waals surface area contributed by atoms with Gasteiger partial charge in [0.25, 0.3) is 0 Å². The van der Waals surface area contributed by atoms with Crippen molar-refractivity contribution in [2.75, 3.05) is 0 Å². The Morgan fingerprint density at radius 2 is 0.816 bits per heavy atom. The lowest BCUT2D eigenvalue weighted by Crippen LogP contribution is -2.19. The zero-order chi connectivity index (χ0) is 27.9. The van der Waals surface area contributed by atoms with Crippen LogP contribution >= 0.6 is 0 Å². The van der Waals surface area contributed by atoms with Crippen LogP contribution in [-0.4, -0.2) is 23.1 Å². The van der Waals surface area contributed by atoms with Crippen LogP contribution in [-0.2, 0) is 14.3 Å². The Labute approximate surface area is 237 Å². The van der Waals surface area contributed by atoms with Gasteiger partial charge in [-0.25, -0.2) is 0 Å². The summed E-state index contributed by atoms with van der Waals surface area (Å²) in [6, 6.07) is 0. The third kappa shape index (κ3) is 29.5. The Kier molecular flexibility index (Phi) is 29.6. The summed E-state index contributed by atoms with van der Waals surface area (Å²) < 4.78 is 5.71. The van der Waals surface area contributed by atoms with Gasteiger partial charge in [0.15, 0.2) is 0 Å². The number of carboxylic acids is 1. The molecule has 0 rings (SSSR count). The maximum atomic E-state index is 12.3. The van der Waals surface area contributed by atoms with Crippen LogP contribution in [0.5, 0.6) is 0 Å². The summed E-state index contributed by atoms with van der Waals surface area (Å²) in [6.07, 6.45) is 33.9. The van der Waals surface area contributed by atoms with Crippen molar-refractivity contribution < 1.29 is 19.4 Å². The third-order valence-corrected chi connectivity index (χ3v) is 7.84. The largest absolute Gasteiger partial charge is 0.481 e. The maximum Gasteiger partial charge on any atom is 0.306 e. The Morgan fingerprint density at radius 3 is 1.18 bits per heavy atom. The molecule has 0 spiro atoms. The number of esters is 1. The fraction of sp³-hybridized carbons (Fsp3) is 0.941. The van der Waals surface area contributed by atoms with Crippen molar-refractivity contribution in [3.63, 3.8) is 0 Å². The van der Waals surface area contributed by atoms with Crippen LogP contribution < -0.4 is 0 Å². The second-order valence-corrected chi connectivity index (χ2v) is 11.7. The van der Waals surface area contributed by atoms with Gasteiger partial charge in [-0.2, -0.15) is 0 Å². The highest BCUT2D eigenvalue weighted by Gasteiger charge is 2.15. The van der Waals surface area contributed by atoms with Crippen molar-refractivity contribution in [3.05, 3.63) is 0 Å². The first kappa shape index (κ1) is 36.9. The van der Waals surface area contributed by atoms with Gasteiger partial charge < -0.3 is 9.84 Å². The normalized spacial score (nSPS) is 12.1. The van der Waals surface area contributed by atoms with Crippen LogP contribution in [0.3, 0.4) is 0 Å². The highest BCUT2D eigenvalue weighted by molar-refractivity contribution is 5.69. The molecule has 0 aliphatic heterocycles. The summed E-state index contributed by atoms with van der Waals surface area (Å²) in [6.45, 7) is 4.53. The number of hydrogen-bond donors (Lipinski definition) is 1. The van der Waals surface area contributed by atoms with Crippen molar-refractivity contribution >= 4 is 11.9 Å². The van der Waals surface area contributed by atoms with E-state index in [1.165, 1.54) is 135 Å². The molecule has 0 radical (unpaired) electrons. The van der Waals surface area contributed by atoms with Crippen molar-refractivity contribution in [1.29, 1.82) is 0 Å². The van der Waals surface area contributed by atoms with Gasteiger partial charge in [-0.05, 0) is 25.7 Å². The molecule has 4 nitrogen and oxygen atoms in total. The van der Waals surface area contributed by atoms with Crippen LogP contribution in [0, 0.1) is 0 Å². The van der Waals surface area contributed by atoms with Gasteiger partial charge in [0, 0.05) is 12.8 Å². The van der Waals surface area contributed by atoms with E-state index in [4.69, 9.17) is 9.84 Å². The summed E-state index contributed by atoms with van der Waals surface area (Å²) in [5.74, 6) is -0.945. The number of carbonyl (C=O) groups is 2. The molecule has 1 unspecified atom stereocenters. The van der Waals surface area contributed by atoms with Crippen LogP contribution in [0.2, 0.25) is 0 Å². The minimum Gasteiger partial charge on any atom is -0.481 e. The molecule has 1 atom stereocenters. The van der Waals surface area contributed by atoms with Gasteiger partial charge in [-0.3, -0.25) is 9.59 Å². The molecular weight excluding hydrogens is 472 g/mol. The molecule has 0 aromatic heterocycles. The molecule has 0 saturated heterocycles. The van der Waals surface area contributed by atoms with E-state index in [1.54, 1.807) is 0 Å². The fourth-order valence-corrected chi connectivity index (χ4v) is 5.29. The van der Waals surface area contributed by atoms with Crippen LogP contribution in [0.4, 0.5) is 0 Å². The molecule has 0 amide bonds.